The number of aromatic amines is 1. The number of nitrogens with zero attached hydrogens (tertiary/aromatic N) is 2. The zero-order valence-electron chi connectivity index (χ0n) is 19.5. The van der Waals surface area contributed by atoms with Gasteiger partial charge in [0.1, 0.15) is 5.82 Å². The quantitative estimate of drug-likeness (QED) is 0.359. The maximum Gasteiger partial charge on any atom is 0.255 e. The number of nitrogens with one attached hydrogen (secondary N) is 3. The van der Waals surface area contributed by atoms with Gasteiger partial charge in [0.2, 0.25) is 0 Å². The van der Waals surface area contributed by atoms with Crippen LogP contribution in [0.1, 0.15) is 29.8 Å². The van der Waals surface area contributed by atoms with Crippen LogP contribution in [0.5, 0.6) is 0 Å². The highest BCUT2D eigenvalue weighted by Gasteiger charge is 2.22. The molecule has 1 fully saturated rings. The number of hydrogen-bond donors (Lipinski definition) is 3. The number of amides is 1. The monoisotopic (exact) mass is 473 g/mol. The molecule has 7 heteroatoms. The third-order valence-electron chi connectivity index (χ3n) is 6.25. The van der Waals surface area contributed by atoms with Crippen molar-refractivity contribution in [3.63, 3.8) is 0 Å². The van der Waals surface area contributed by atoms with Crippen molar-refractivity contribution in [3.05, 3.63) is 76.8 Å². The Labute approximate surface area is 204 Å². The molecular weight excluding hydrogens is 446 g/mol. The molecule has 6 nitrogen and oxygen atoms in total. The van der Waals surface area contributed by atoms with Gasteiger partial charge in [-0.15, -0.1) is 0 Å². The highest BCUT2D eigenvalue weighted by atomic mass is 35.5. The molecule has 0 saturated carbocycles. The van der Waals surface area contributed by atoms with Gasteiger partial charge in [-0.3, -0.25) is 4.79 Å². The second-order valence-corrected chi connectivity index (χ2v) is 9.53. The summed E-state index contributed by atoms with van der Waals surface area (Å²) in [6, 6.07) is 20.2. The number of rotatable bonds is 4. The summed E-state index contributed by atoms with van der Waals surface area (Å²) in [7, 11) is 0. The molecule has 174 valence electrons. The Bertz CT molecular complexity index is 1320. The average molecular weight is 474 g/mol. The number of aromatic nitrogens is 2. The van der Waals surface area contributed by atoms with Crippen LogP contribution in [0.3, 0.4) is 0 Å². The van der Waals surface area contributed by atoms with Gasteiger partial charge in [0.15, 0.2) is 0 Å². The molecule has 1 saturated heterocycles. The minimum atomic E-state index is -0.149. The van der Waals surface area contributed by atoms with Crippen LogP contribution in [0.25, 0.3) is 22.4 Å². The predicted octanol–water partition coefficient (Wildman–Crippen LogP) is 5.63. The van der Waals surface area contributed by atoms with E-state index >= 15 is 0 Å². The Hall–Kier alpha value is -3.35. The number of hydrogen-bond acceptors (Lipinski definition) is 4. The molecule has 2 heterocycles. The van der Waals surface area contributed by atoms with Gasteiger partial charge < -0.3 is 20.5 Å². The van der Waals surface area contributed by atoms with Gasteiger partial charge in [0.25, 0.3) is 5.91 Å². The third kappa shape index (κ3) is 4.52. The summed E-state index contributed by atoms with van der Waals surface area (Å²) >= 11 is 6.47. The average Bonchev–Trinajstić information content (AvgIpc) is 3.23. The van der Waals surface area contributed by atoms with Gasteiger partial charge in [-0.25, -0.2) is 4.98 Å². The largest absolute Gasteiger partial charge is 0.368 e. The van der Waals surface area contributed by atoms with E-state index in [1.807, 2.05) is 49.4 Å². The van der Waals surface area contributed by atoms with Crippen molar-refractivity contribution >= 4 is 39.9 Å². The number of imidazole rings is 1. The fourth-order valence-electron chi connectivity index (χ4n) is 4.70. The van der Waals surface area contributed by atoms with Crippen LogP contribution < -0.4 is 15.5 Å². The molecule has 4 aromatic rings. The van der Waals surface area contributed by atoms with Crippen LogP contribution in [0.4, 0.5) is 11.4 Å². The van der Waals surface area contributed by atoms with E-state index < -0.39 is 0 Å². The van der Waals surface area contributed by atoms with Gasteiger partial charge in [0, 0.05) is 47.7 Å². The smallest absolute Gasteiger partial charge is 0.255 e. The molecule has 34 heavy (non-hydrogen) atoms. The van der Waals surface area contributed by atoms with Crippen LogP contribution >= 0.6 is 11.6 Å². The molecule has 0 radical (unpaired) electrons. The molecule has 2 atom stereocenters. The first-order valence-corrected chi connectivity index (χ1v) is 11.9. The molecule has 1 aromatic heterocycles. The van der Waals surface area contributed by atoms with Gasteiger partial charge in [0.05, 0.1) is 16.1 Å². The number of carbonyl (C=O) groups excluding carboxylic acids is 1. The van der Waals surface area contributed by atoms with E-state index in [2.05, 4.69) is 45.4 Å². The number of anilines is 2. The topological polar surface area (TPSA) is 73.1 Å². The number of piperazine rings is 1. The van der Waals surface area contributed by atoms with Gasteiger partial charge >= 0.3 is 0 Å². The van der Waals surface area contributed by atoms with Crippen molar-refractivity contribution in [2.24, 2.45) is 0 Å². The molecule has 0 spiro atoms. The highest BCUT2D eigenvalue weighted by Crippen LogP contribution is 2.31. The fourth-order valence-corrected chi connectivity index (χ4v) is 4.91. The van der Waals surface area contributed by atoms with Crippen LogP contribution in [0, 0.1) is 6.92 Å². The Balaban J connectivity index is 1.36. The summed E-state index contributed by atoms with van der Waals surface area (Å²) in [4.78, 5) is 23.4. The number of carbonyl (C=O) groups is 1. The van der Waals surface area contributed by atoms with Crippen LogP contribution in [0.2, 0.25) is 5.02 Å². The van der Waals surface area contributed by atoms with E-state index in [9.17, 15) is 4.79 Å². The molecule has 3 aromatic carbocycles. The normalized spacial score (nSPS) is 18.3. The van der Waals surface area contributed by atoms with Crippen molar-refractivity contribution in [3.8, 4) is 11.4 Å². The second kappa shape index (κ2) is 9.12. The van der Waals surface area contributed by atoms with E-state index in [1.165, 1.54) is 0 Å². The van der Waals surface area contributed by atoms with Crippen molar-refractivity contribution < 1.29 is 4.79 Å². The zero-order valence-corrected chi connectivity index (χ0v) is 20.3. The Morgan fingerprint density at radius 3 is 2.56 bits per heavy atom. The van der Waals surface area contributed by atoms with Crippen molar-refractivity contribution in [2.75, 3.05) is 23.3 Å². The molecule has 0 unspecified atom stereocenters. The highest BCUT2D eigenvalue weighted by molar-refractivity contribution is 6.33. The van der Waals surface area contributed by atoms with Gasteiger partial charge in [-0.05, 0) is 74.9 Å². The number of halogens is 1. The van der Waals surface area contributed by atoms with Gasteiger partial charge in [-0.1, -0.05) is 23.7 Å². The molecule has 5 rings (SSSR count). The van der Waals surface area contributed by atoms with Crippen LogP contribution in [0.15, 0.2) is 60.7 Å². The molecule has 3 N–H and O–H groups in total. The number of para-hydroxylation sites is 2. The fraction of sp³-hybridized carbons (Fsp3) is 0.259. The lowest BCUT2D eigenvalue weighted by atomic mass is 10.0. The maximum absolute atomic E-state index is 13.1. The van der Waals surface area contributed by atoms with E-state index in [0.29, 0.717) is 34.2 Å². The minimum Gasteiger partial charge on any atom is -0.368 e. The Morgan fingerprint density at radius 2 is 1.82 bits per heavy atom. The zero-order chi connectivity index (χ0) is 23.8. The van der Waals surface area contributed by atoms with E-state index in [-0.39, 0.29) is 5.91 Å². The lowest BCUT2D eigenvalue weighted by Gasteiger charge is -2.37. The molecule has 0 aliphatic carbocycles. The lowest BCUT2D eigenvalue weighted by molar-refractivity contribution is 0.102. The minimum absolute atomic E-state index is 0.149. The Morgan fingerprint density at radius 1 is 1.06 bits per heavy atom. The van der Waals surface area contributed by atoms with Gasteiger partial charge in [-0.2, -0.15) is 0 Å². The summed E-state index contributed by atoms with van der Waals surface area (Å²) in [5.74, 6) is 0.520. The first kappa shape index (κ1) is 22.4. The summed E-state index contributed by atoms with van der Waals surface area (Å²) < 4.78 is 0. The number of fused-ring (bicyclic) bond motifs is 1. The molecule has 1 aliphatic heterocycles. The molecule has 1 aliphatic rings. The van der Waals surface area contributed by atoms with Crippen LogP contribution in [-0.2, 0) is 0 Å². The van der Waals surface area contributed by atoms with Crippen molar-refractivity contribution in [1.29, 1.82) is 0 Å². The standard InChI is InChI=1S/C27H28ClN5O/c1-16-12-20(33-14-17(2)29-18(3)15-33)9-10-21(16)27(34)30-19-8-11-23(28)22(13-19)26-31-24-6-4-5-7-25(24)32-26/h4-13,17-18,29H,14-15H2,1-3H3,(H,30,34)(H,31,32)/t17-,18+. The summed E-state index contributed by atoms with van der Waals surface area (Å²) in [5, 5.41) is 7.14. The van der Waals surface area contributed by atoms with E-state index in [1.54, 1.807) is 12.1 Å². The number of aryl methyl sites for hydroxylation is 1. The van der Waals surface area contributed by atoms with E-state index in [4.69, 9.17) is 11.6 Å². The Kier molecular flexibility index (Phi) is 6.02. The SMILES string of the molecule is Cc1cc(N2C[C@@H](C)N[C@@H](C)C2)ccc1C(=O)Nc1ccc(Cl)c(-c2nc3ccccc3[nH]2)c1. The molecular formula is C27H28ClN5O. The first-order chi connectivity index (χ1) is 16.4. The predicted molar refractivity (Wildman–Crippen MR) is 140 cm³/mol. The summed E-state index contributed by atoms with van der Waals surface area (Å²) in [6.07, 6.45) is 0. The molecule has 0 bridgehead atoms. The second-order valence-electron chi connectivity index (χ2n) is 9.12. The molecule has 1 amide bonds. The third-order valence-corrected chi connectivity index (χ3v) is 6.58. The summed E-state index contributed by atoms with van der Waals surface area (Å²) in [6.45, 7) is 8.27. The van der Waals surface area contributed by atoms with Crippen molar-refractivity contribution in [2.45, 2.75) is 32.9 Å². The lowest BCUT2D eigenvalue weighted by Crippen LogP contribution is -2.54. The van der Waals surface area contributed by atoms with E-state index in [0.717, 1.165) is 40.9 Å². The number of H-pyrrole nitrogens is 1. The summed E-state index contributed by atoms with van der Waals surface area (Å²) in [5.41, 5.74) is 5.95. The number of benzene rings is 3. The van der Waals surface area contributed by atoms with Crippen LogP contribution in [-0.4, -0.2) is 41.0 Å². The first-order valence-electron chi connectivity index (χ1n) is 11.5. The maximum atomic E-state index is 13.1. The van der Waals surface area contributed by atoms with Crippen molar-refractivity contribution in [1.82, 2.24) is 15.3 Å².